The van der Waals surface area contributed by atoms with E-state index in [1.807, 2.05) is 22.9 Å². The van der Waals surface area contributed by atoms with Crippen LogP contribution in [-0.4, -0.2) is 26.8 Å². The fourth-order valence-corrected chi connectivity index (χ4v) is 2.89. The third-order valence-electron chi connectivity index (χ3n) is 4.08. The van der Waals surface area contributed by atoms with Crippen LogP contribution in [0.3, 0.4) is 0 Å². The molecule has 1 aliphatic heterocycles. The first-order chi connectivity index (χ1) is 11.7. The maximum absolute atomic E-state index is 14.1. The van der Waals surface area contributed by atoms with Crippen molar-refractivity contribution in [3.8, 4) is 0 Å². The monoisotopic (exact) mass is 325 g/mol. The lowest BCUT2D eigenvalue weighted by molar-refractivity contribution is -0.117. The molecule has 0 bridgehead atoms. The van der Waals surface area contributed by atoms with Crippen molar-refractivity contribution in [1.82, 2.24) is 14.4 Å². The number of halogens is 1. The van der Waals surface area contributed by atoms with E-state index >= 15 is 0 Å². The van der Waals surface area contributed by atoms with Crippen molar-refractivity contribution >= 4 is 23.1 Å². The summed E-state index contributed by atoms with van der Waals surface area (Å²) in [5.74, 6) is 0.331. The molecular weight excluding hydrogens is 309 g/mol. The Bertz CT molecular complexity index is 874. The summed E-state index contributed by atoms with van der Waals surface area (Å²) in [4.78, 5) is 22.1. The maximum atomic E-state index is 14.1. The van der Waals surface area contributed by atoms with Gasteiger partial charge in [0.25, 0.3) is 0 Å². The number of carbonyl (C=O) groups excluding carboxylic acids is 1. The second kappa shape index (κ2) is 5.92. The molecule has 0 saturated carbocycles. The summed E-state index contributed by atoms with van der Waals surface area (Å²) in [6.07, 6.45) is 6.78. The molecule has 6 nitrogen and oxygen atoms in total. The van der Waals surface area contributed by atoms with Gasteiger partial charge in [0.2, 0.25) is 11.7 Å². The molecule has 0 spiro atoms. The van der Waals surface area contributed by atoms with Gasteiger partial charge in [0, 0.05) is 37.2 Å². The zero-order valence-corrected chi connectivity index (χ0v) is 12.9. The number of nitrogens with one attached hydrogen (secondary N) is 1. The van der Waals surface area contributed by atoms with Crippen LogP contribution in [-0.2, 0) is 11.3 Å². The number of aromatic nitrogens is 3. The van der Waals surface area contributed by atoms with Gasteiger partial charge in [0.15, 0.2) is 0 Å². The molecule has 1 amide bonds. The van der Waals surface area contributed by atoms with Gasteiger partial charge in [0.05, 0.1) is 17.9 Å². The molecule has 1 saturated heterocycles. The highest BCUT2D eigenvalue weighted by atomic mass is 19.1. The molecule has 0 unspecified atom stereocenters. The van der Waals surface area contributed by atoms with Gasteiger partial charge in [0.1, 0.15) is 5.82 Å². The Labute approximate surface area is 138 Å². The fourth-order valence-electron chi connectivity index (χ4n) is 2.89. The van der Waals surface area contributed by atoms with Gasteiger partial charge in [-0.3, -0.25) is 9.20 Å². The quantitative estimate of drug-likeness (QED) is 0.801. The normalized spacial score (nSPS) is 14.5. The van der Waals surface area contributed by atoms with Gasteiger partial charge in [-0.2, -0.15) is 0 Å². The van der Waals surface area contributed by atoms with Gasteiger partial charge in [-0.15, -0.1) is 0 Å². The number of hydrogen-bond acceptors (Lipinski definition) is 4. The molecule has 1 aromatic carbocycles. The predicted molar refractivity (Wildman–Crippen MR) is 88.3 cm³/mol. The first-order valence-electron chi connectivity index (χ1n) is 7.83. The third-order valence-corrected chi connectivity index (χ3v) is 4.08. The average Bonchev–Trinajstić information content (AvgIpc) is 3.19. The predicted octanol–water partition coefficient (Wildman–Crippen LogP) is 2.61. The Hall–Kier alpha value is -2.96. The van der Waals surface area contributed by atoms with E-state index in [1.165, 1.54) is 6.07 Å². The second-order valence-electron chi connectivity index (χ2n) is 5.73. The molecule has 0 atom stereocenters. The summed E-state index contributed by atoms with van der Waals surface area (Å²) in [7, 11) is 0. The standard InChI is InChI=1S/C17H16FN5O/c18-14-5-4-13(23-8-1-3-16(23)24)9-15(14)20-10-12-11-22-7-2-6-19-17(22)21-12/h2,4-7,9,11,20H,1,3,8,10H2. The number of amides is 1. The molecule has 24 heavy (non-hydrogen) atoms. The SMILES string of the molecule is O=C1CCCN1c1ccc(F)c(NCc2cn3cccnc3n2)c1. The molecule has 7 heteroatoms. The Morgan fingerprint density at radius 1 is 1.33 bits per heavy atom. The van der Waals surface area contributed by atoms with E-state index in [1.54, 1.807) is 23.2 Å². The first kappa shape index (κ1) is 14.6. The van der Waals surface area contributed by atoms with E-state index in [-0.39, 0.29) is 11.7 Å². The summed E-state index contributed by atoms with van der Waals surface area (Å²) in [6, 6.07) is 6.52. The van der Waals surface area contributed by atoms with E-state index in [0.717, 1.165) is 17.8 Å². The minimum absolute atomic E-state index is 0.0824. The summed E-state index contributed by atoms with van der Waals surface area (Å²) in [6.45, 7) is 1.06. The van der Waals surface area contributed by atoms with Crippen LogP contribution in [0.2, 0.25) is 0 Å². The van der Waals surface area contributed by atoms with Crippen LogP contribution in [0.1, 0.15) is 18.5 Å². The second-order valence-corrected chi connectivity index (χ2v) is 5.73. The summed E-state index contributed by atoms with van der Waals surface area (Å²) in [5.41, 5.74) is 1.84. The molecule has 4 rings (SSSR count). The van der Waals surface area contributed by atoms with E-state index in [2.05, 4.69) is 15.3 Å². The highest BCUT2D eigenvalue weighted by Crippen LogP contribution is 2.26. The van der Waals surface area contributed by atoms with Gasteiger partial charge in [-0.25, -0.2) is 14.4 Å². The molecule has 0 aliphatic carbocycles. The van der Waals surface area contributed by atoms with Gasteiger partial charge in [-0.05, 0) is 30.7 Å². The topological polar surface area (TPSA) is 62.5 Å². The van der Waals surface area contributed by atoms with Crippen LogP contribution >= 0.6 is 0 Å². The van der Waals surface area contributed by atoms with Crippen molar-refractivity contribution in [2.45, 2.75) is 19.4 Å². The van der Waals surface area contributed by atoms with Crippen LogP contribution in [0.5, 0.6) is 0 Å². The van der Waals surface area contributed by atoms with Crippen LogP contribution in [0, 0.1) is 5.82 Å². The van der Waals surface area contributed by atoms with Crippen molar-refractivity contribution in [2.24, 2.45) is 0 Å². The van der Waals surface area contributed by atoms with Crippen LogP contribution in [0.4, 0.5) is 15.8 Å². The minimum atomic E-state index is -0.354. The van der Waals surface area contributed by atoms with Gasteiger partial charge < -0.3 is 10.2 Å². The first-order valence-corrected chi connectivity index (χ1v) is 7.83. The fraction of sp³-hybridized carbons (Fsp3) is 0.235. The summed E-state index contributed by atoms with van der Waals surface area (Å²) >= 11 is 0. The van der Waals surface area contributed by atoms with E-state index in [4.69, 9.17) is 0 Å². The Morgan fingerprint density at radius 2 is 2.25 bits per heavy atom. The number of rotatable bonds is 4. The van der Waals surface area contributed by atoms with Crippen LogP contribution < -0.4 is 10.2 Å². The number of benzene rings is 1. The maximum Gasteiger partial charge on any atom is 0.233 e. The number of hydrogen-bond donors (Lipinski definition) is 1. The van der Waals surface area contributed by atoms with Gasteiger partial charge >= 0.3 is 0 Å². The lowest BCUT2D eigenvalue weighted by Gasteiger charge is -2.17. The van der Waals surface area contributed by atoms with Crippen LogP contribution in [0.15, 0.2) is 42.9 Å². The highest BCUT2D eigenvalue weighted by Gasteiger charge is 2.22. The minimum Gasteiger partial charge on any atom is -0.377 e. The molecule has 3 heterocycles. The Morgan fingerprint density at radius 3 is 3.04 bits per heavy atom. The summed E-state index contributed by atoms with van der Waals surface area (Å²) in [5, 5.41) is 3.05. The molecule has 122 valence electrons. The zero-order chi connectivity index (χ0) is 16.5. The highest BCUT2D eigenvalue weighted by molar-refractivity contribution is 5.95. The largest absolute Gasteiger partial charge is 0.377 e. The lowest BCUT2D eigenvalue weighted by atomic mass is 10.2. The van der Waals surface area contributed by atoms with Crippen LogP contribution in [0.25, 0.3) is 5.78 Å². The molecular formula is C17H16FN5O. The Kier molecular flexibility index (Phi) is 3.60. The van der Waals surface area contributed by atoms with Crippen molar-refractivity contribution in [3.63, 3.8) is 0 Å². The van der Waals surface area contributed by atoms with Crippen molar-refractivity contribution in [1.29, 1.82) is 0 Å². The smallest absolute Gasteiger partial charge is 0.233 e. The number of carbonyl (C=O) groups is 1. The number of fused-ring (bicyclic) bond motifs is 1. The molecule has 1 aliphatic rings. The van der Waals surface area contributed by atoms with E-state index < -0.39 is 0 Å². The van der Waals surface area contributed by atoms with E-state index in [0.29, 0.717) is 31.0 Å². The van der Waals surface area contributed by atoms with Crippen molar-refractivity contribution < 1.29 is 9.18 Å². The molecule has 1 N–H and O–H groups in total. The molecule has 0 radical (unpaired) electrons. The number of anilines is 2. The van der Waals surface area contributed by atoms with Crippen molar-refractivity contribution in [3.05, 3.63) is 54.4 Å². The third kappa shape index (κ3) is 2.68. The lowest BCUT2D eigenvalue weighted by Crippen LogP contribution is -2.23. The number of nitrogens with zero attached hydrogens (tertiary/aromatic N) is 4. The number of imidazole rings is 1. The van der Waals surface area contributed by atoms with Crippen molar-refractivity contribution in [2.75, 3.05) is 16.8 Å². The molecule has 1 fully saturated rings. The summed E-state index contributed by atoms with van der Waals surface area (Å²) < 4.78 is 15.9. The molecule has 3 aromatic rings. The Balaban J connectivity index is 1.54. The molecule has 2 aromatic heterocycles. The van der Waals surface area contributed by atoms with Gasteiger partial charge in [-0.1, -0.05) is 0 Å². The van der Waals surface area contributed by atoms with E-state index in [9.17, 15) is 9.18 Å². The average molecular weight is 325 g/mol. The zero-order valence-electron chi connectivity index (χ0n) is 12.9.